The Labute approximate surface area is 129 Å². The third kappa shape index (κ3) is 4.98. The first-order valence-corrected chi connectivity index (χ1v) is 8.66. The summed E-state index contributed by atoms with van der Waals surface area (Å²) in [6.45, 7) is 4.07. The fraction of sp³-hybridized carbons (Fsp3) is 0.500. The van der Waals surface area contributed by atoms with E-state index in [1.54, 1.807) is 0 Å². The molecule has 0 fully saturated rings. The van der Waals surface area contributed by atoms with E-state index in [0.29, 0.717) is 6.61 Å². The van der Waals surface area contributed by atoms with Crippen LogP contribution in [0.2, 0.25) is 5.02 Å². The van der Waals surface area contributed by atoms with Crippen molar-refractivity contribution < 1.29 is 23.1 Å². The van der Waals surface area contributed by atoms with E-state index < -0.39 is 15.8 Å². The molecule has 0 atom stereocenters. The van der Waals surface area contributed by atoms with Crippen LogP contribution in [-0.2, 0) is 14.6 Å². The lowest BCUT2D eigenvalue weighted by atomic mass is 10.1. The maximum atomic E-state index is 12.3. The Morgan fingerprint density at radius 3 is 2.57 bits per heavy atom. The molecule has 0 heterocycles. The van der Waals surface area contributed by atoms with E-state index in [2.05, 4.69) is 0 Å². The molecule has 0 bridgehead atoms. The number of carboxylic acids is 1. The number of benzene rings is 1. The topological polar surface area (TPSA) is 80.7 Å². The van der Waals surface area contributed by atoms with Crippen LogP contribution in [-0.4, -0.2) is 38.5 Å². The minimum atomic E-state index is -3.63. The monoisotopic (exact) mass is 334 g/mol. The molecule has 0 saturated carbocycles. The van der Waals surface area contributed by atoms with Crippen LogP contribution in [0.25, 0.3) is 0 Å². The van der Waals surface area contributed by atoms with Crippen LogP contribution in [0.15, 0.2) is 17.0 Å². The number of rotatable bonds is 8. The third-order valence-electron chi connectivity index (χ3n) is 3.03. The first-order valence-electron chi connectivity index (χ1n) is 6.63. The third-order valence-corrected chi connectivity index (χ3v) is 5.05. The Morgan fingerprint density at radius 2 is 2.00 bits per heavy atom. The maximum absolute atomic E-state index is 12.3. The molecular formula is C14H19ClO5S. The molecule has 0 amide bonds. The van der Waals surface area contributed by atoms with Gasteiger partial charge in [0.2, 0.25) is 0 Å². The molecule has 1 aromatic rings. The highest BCUT2D eigenvalue weighted by molar-refractivity contribution is 7.91. The van der Waals surface area contributed by atoms with Crippen LogP contribution < -0.4 is 0 Å². The summed E-state index contributed by atoms with van der Waals surface area (Å²) in [5.74, 6) is -1.40. The van der Waals surface area contributed by atoms with Gasteiger partial charge in [0.15, 0.2) is 9.84 Å². The zero-order valence-corrected chi connectivity index (χ0v) is 13.6. The molecule has 5 nitrogen and oxygen atoms in total. The lowest BCUT2D eigenvalue weighted by Gasteiger charge is -2.11. The van der Waals surface area contributed by atoms with Gasteiger partial charge in [-0.15, -0.1) is 0 Å². The van der Waals surface area contributed by atoms with Crippen molar-refractivity contribution in [3.63, 3.8) is 0 Å². The fourth-order valence-electron chi connectivity index (χ4n) is 1.83. The number of unbranched alkanes of at least 4 members (excludes halogenated alkanes) is 1. The Hall–Kier alpha value is -1.11. The van der Waals surface area contributed by atoms with Gasteiger partial charge in [0.05, 0.1) is 22.8 Å². The summed E-state index contributed by atoms with van der Waals surface area (Å²) < 4.78 is 29.8. The van der Waals surface area contributed by atoms with E-state index in [0.717, 1.165) is 12.8 Å². The summed E-state index contributed by atoms with van der Waals surface area (Å²) in [4.78, 5) is 11.1. The molecule has 0 aromatic heterocycles. The van der Waals surface area contributed by atoms with E-state index in [1.807, 2.05) is 6.92 Å². The fourth-order valence-corrected chi connectivity index (χ4v) is 3.55. The number of sulfone groups is 1. The van der Waals surface area contributed by atoms with Crippen LogP contribution in [0.1, 0.15) is 35.7 Å². The SMILES string of the molecule is CCCCOCCS(=O)(=O)c1cc(Cl)cc(C(=O)O)c1C. The van der Waals surface area contributed by atoms with Gasteiger partial charge >= 0.3 is 5.97 Å². The molecule has 0 aliphatic heterocycles. The molecule has 0 aliphatic carbocycles. The highest BCUT2D eigenvalue weighted by Crippen LogP contribution is 2.25. The lowest BCUT2D eigenvalue weighted by molar-refractivity contribution is 0.0696. The molecule has 0 unspecified atom stereocenters. The van der Waals surface area contributed by atoms with Crippen LogP contribution in [0, 0.1) is 6.92 Å². The summed E-state index contributed by atoms with van der Waals surface area (Å²) in [6, 6.07) is 2.53. The molecular weight excluding hydrogens is 316 g/mol. The van der Waals surface area contributed by atoms with Crippen LogP contribution in [0.4, 0.5) is 0 Å². The van der Waals surface area contributed by atoms with Gasteiger partial charge < -0.3 is 9.84 Å². The average Bonchev–Trinajstić information content (AvgIpc) is 2.40. The quantitative estimate of drug-likeness (QED) is 0.739. The molecule has 0 saturated heterocycles. The van der Waals surface area contributed by atoms with Crippen molar-refractivity contribution in [2.45, 2.75) is 31.6 Å². The van der Waals surface area contributed by atoms with E-state index in [1.165, 1.54) is 19.1 Å². The van der Waals surface area contributed by atoms with Crippen molar-refractivity contribution in [1.29, 1.82) is 0 Å². The van der Waals surface area contributed by atoms with Crippen molar-refractivity contribution >= 4 is 27.4 Å². The van der Waals surface area contributed by atoms with Crippen molar-refractivity contribution in [1.82, 2.24) is 0 Å². The van der Waals surface area contributed by atoms with E-state index in [9.17, 15) is 13.2 Å². The Morgan fingerprint density at radius 1 is 1.33 bits per heavy atom. The number of carboxylic acid groups (broad SMARTS) is 1. The first-order chi connectivity index (χ1) is 9.79. The highest BCUT2D eigenvalue weighted by Gasteiger charge is 2.22. The lowest BCUT2D eigenvalue weighted by Crippen LogP contribution is -2.15. The van der Waals surface area contributed by atoms with Crippen molar-refractivity contribution in [2.24, 2.45) is 0 Å². The number of hydrogen-bond acceptors (Lipinski definition) is 4. The second-order valence-electron chi connectivity index (χ2n) is 4.67. The molecule has 21 heavy (non-hydrogen) atoms. The van der Waals surface area contributed by atoms with Gasteiger partial charge in [-0.1, -0.05) is 24.9 Å². The van der Waals surface area contributed by atoms with E-state index >= 15 is 0 Å². The van der Waals surface area contributed by atoms with Crippen LogP contribution in [0.3, 0.4) is 0 Å². The van der Waals surface area contributed by atoms with Crippen molar-refractivity contribution in [3.05, 3.63) is 28.3 Å². The highest BCUT2D eigenvalue weighted by atomic mass is 35.5. The second kappa shape index (κ2) is 7.77. The van der Waals surface area contributed by atoms with E-state index in [-0.39, 0.29) is 33.4 Å². The number of carbonyl (C=O) groups is 1. The summed E-state index contributed by atoms with van der Waals surface area (Å²) in [6.07, 6.45) is 1.85. The van der Waals surface area contributed by atoms with Crippen molar-refractivity contribution in [3.8, 4) is 0 Å². The van der Waals surface area contributed by atoms with Gasteiger partial charge in [-0.3, -0.25) is 0 Å². The molecule has 1 rings (SSSR count). The molecule has 1 aromatic carbocycles. The molecule has 118 valence electrons. The van der Waals surface area contributed by atoms with Gasteiger partial charge in [0.25, 0.3) is 0 Å². The summed E-state index contributed by atoms with van der Waals surface area (Å²) in [5.41, 5.74) is 0.0911. The van der Waals surface area contributed by atoms with Gasteiger partial charge in [-0.2, -0.15) is 0 Å². The van der Waals surface area contributed by atoms with Crippen molar-refractivity contribution in [2.75, 3.05) is 19.0 Å². The summed E-state index contributed by atoms with van der Waals surface area (Å²) in [5, 5.41) is 9.16. The Bertz CT molecular complexity index is 610. The van der Waals surface area contributed by atoms with Crippen LogP contribution in [0.5, 0.6) is 0 Å². The maximum Gasteiger partial charge on any atom is 0.336 e. The first kappa shape index (κ1) is 17.9. The molecule has 0 spiro atoms. The minimum absolute atomic E-state index is 0.0495. The largest absolute Gasteiger partial charge is 0.478 e. The Balaban J connectivity index is 2.95. The predicted molar refractivity (Wildman–Crippen MR) is 80.9 cm³/mol. The predicted octanol–water partition coefficient (Wildman–Crippen LogP) is 2.94. The number of halogens is 1. The van der Waals surface area contributed by atoms with Gasteiger partial charge in [-0.05, 0) is 31.0 Å². The zero-order chi connectivity index (χ0) is 16.0. The average molecular weight is 335 g/mol. The summed E-state index contributed by atoms with van der Waals surface area (Å²) >= 11 is 5.82. The van der Waals surface area contributed by atoms with Gasteiger partial charge in [0, 0.05) is 11.6 Å². The van der Waals surface area contributed by atoms with Gasteiger partial charge in [-0.25, -0.2) is 13.2 Å². The number of hydrogen-bond donors (Lipinski definition) is 1. The summed E-state index contributed by atoms with van der Waals surface area (Å²) in [7, 11) is -3.63. The minimum Gasteiger partial charge on any atom is -0.478 e. The normalized spacial score (nSPS) is 11.6. The number of ether oxygens (including phenoxy) is 1. The molecule has 7 heteroatoms. The van der Waals surface area contributed by atoms with Crippen LogP contribution >= 0.6 is 11.6 Å². The van der Waals surface area contributed by atoms with E-state index in [4.69, 9.17) is 21.4 Å². The molecule has 0 radical (unpaired) electrons. The molecule has 1 N–H and O–H groups in total. The Kier molecular flexibility index (Phi) is 6.64. The second-order valence-corrected chi connectivity index (χ2v) is 7.18. The zero-order valence-electron chi connectivity index (χ0n) is 12.1. The standard InChI is InChI=1S/C14H19ClO5S/c1-3-4-5-20-6-7-21(18,19)13-9-11(15)8-12(10(13)2)14(16)17/h8-9H,3-7H2,1-2H3,(H,16,17). The van der Waals surface area contributed by atoms with Gasteiger partial charge in [0.1, 0.15) is 0 Å². The smallest absolute Gasteiger partial charge is 0.336 e. The number of aromatic carboxylic acids is 1. The molecule has 0 aliphatic rings.